The van der Waals surface area contributed by atoms with Crippen molar-refractivity contribution in [2.75, 3.05) is 48.8 Å². The number of amides is 3. The van der Waals surface area contributed by atoms with Gasteiger partial charge in [-0.15, -0.1) is 5.10 Å². The van der Waals surface area contributed by atoms with Crippen LogP contribution in [-0.2, 0) is 37.3 Å². The first-order valence-corrected chi connectivity index (χ1v) is 16.2. The number of benzene rings is 3. The second kappa shape index (κ2) is 14.1. The van der Waals surface area contributed by atoms with Crippen molar-refractivity contribution in [1.29, 1.82) is 0 Å². The molecule has 1 aromatic heterocycles. The third kappa shape index (κ3) is 7.00. The fourth-order valence-electron chi connectivity index (χ4n) is 6.07. The highest BCUT2D eigenvalue weighted by Crippen LogP contribution is 2.32. The van der Waals surface area contributed by atoms with Gasteiger partial charge in [-0.25, -0.2) is 9.59 Å². The molecule has 0 unspecified atom stereocenters. The molecule has 0 radical (unpaired) electrons. The first kappa shape index (κ1) is 31.8. The smallest absolute Gasteiger partial charge is 0.435 e. The molecule has 1 saturated heterocycles. The van der Waals surface area contributed by atoms with E-state index in [1.54, 1.807) is 17.0 Å². The molecule has 11 heteroatoms. The van der Waals surface area contributed by atoms with E-state index in [1.807, 2.05) is 60.7 Å². The fraction of sp³-hybridized carbons (Fsp3) is 0.333. The molecule has 4 aromatic rings. The van der Waals surface area contributed by atoms with Crippen molar-refractivity contribution in [2.45, 2.75) is 46.4 Å². The summed E-state index contributed by atoms with van der Waals surface area (Å²) in [6.07, 6.45) is 0.866. The molecule has 47 heavy (non-hydrogen) atoms. The van der Waals surface area contributed by atoms with Gasteiger partial charge in [0.1, 0.15) is 6.61 Å². The average Bonchev–Trinajstić information content (AvgIpc) is 3.69. The second-order valence-electron chi connectivity index (χ2n) is 12.0. The van der Waals surface area contributed by atoms with E-state index in [4.69, 9.17) is 4.74 Å². The summed E-state index contributed by atoms with van der Waals surface area (Å²) >= 11 is 0. The lowest BCUT2D eigenvalue weighted by atomic mass is 10.0. The van der Waals surface area contributed by atoms with Crippen LogP contribution >= 0.6 is 0 Å². The molecule has 1 fully saturated rings. The van der Waals surface area contributed by atoms with Gasteiger partial charge >= 0.3 is 12.1 Å². The van der Waals surface area contributed by atoms with Gasteiger partial charge in [-0.1, -0.05) is 62.4 Å². The van der Waals surface area contributed by atoms with Crippen LogP contribution in [0.1, 0.15) is 52.2 Å². The van der Waals surface area contributed by atoms with Crippen LogP contribution in [0.15, 0.2) is 72.8 Å². The van der Waals surface area contributed by atoms with E-state index >= 15 is 0 Å². The number of nitrogens with one attached hydrogen (secondary N) is 2. The zero-order valence-corrected chi connectivity index (χ0v) is 27.2. The Morgan fingerprint density at radius 2 is 1.49 bits per heavy atom. The number of aryl methyl sites for hydroxylation is 2. The third-order valence-corrected chi connectivity index (χ3v) is 8.91. The number of urea groups is 1. The van der Waals surface area contributed by atoms with Gasteiger partial charge in [0.05, 0.1) is 18.8 Å². The van der Waals surface area contributed by atoms with Crippen molar-refractivity contribution in [2.24, 2.45) is 0 Å². The number of anilines is 3. The molecule has 3 amide bonds. The molecule has 0 atom stereocenters. The molecule has 0 bridgehead atoms. The Balaban J connectivity index is 1.22. The van der Waals surface area contributed by atoms with E-state index < -0.39 is 6.09 Å². The third-order valence-electron chi connectivity index (χ3n) is 8.91. The minimum absolute atomic E-state index is 0.0629. The van der Waals surface area contributed by atoms with Gasteiger partial charge in [-0.3, -0.25) is 4.79 Å². The van der Waals surface area contributed by atoms with Crippen LogP contribution < -0.4 is 15.5 Å². The van der Waals surface area contributed by atoms with Crippen LogP contribution in [0.2, 0.25) is 0 Å². The van der Waals surface area contributed by atoms with E-state index in [-0.39, 0.29) is 37.5 Å². The van der Waals surface area contributed by atoms with Gasteiger partial charge in [-0.05, 0) is 60.8 Å². The Hall–Kier alpha value is -5.16. The SMILES string of the molecule is CCc1cccc(CC)c1NC(=O)N1Cc2c(NC(=O)c3ccc(N4CCN(C)CC4)cc3)nn(C(=O)OCc3ccccc3)c2C1. The summed E-state index contributed by atoms with van der Waals surface area (Å²) in [6.45, 7) is 8.31. The summed E-state index contributed by atoms with van der Waals surface area (Å²) in [5, 5.41) is 10.5. The number of rotatable bonds is 8. The molecule has 2 N–H and O–H groups in total. The Morgan fingerprint density at radius 3 is 2.15 bits per heavy atom. The summed E-state index contributed by atoms with van der Waals surface area (Å²) in [6, 6.07) is 22.6. The number of likely N-dealkylation sites (N-methyl/N-ethyl adjacent to an activating group) is 1. The van der Waals surface area contributed by atoms with Crippen LogP contribution in [0.5, 0.6) is 0 Å². The molecule has 3 heterocycles. The number of carbonyl (C=O) groups excluding carboxylic acids is 3. The summed E-state index contributed by atoms with van der Waals surface area (Å²) < 4.78 is 6.76. The van der Waals surface area contributed by atoms with E-state index in [0.717, 1.165) is 71.8 Å². The standard InChI is InChI=1S/C36H41N7O4/c1-4-26-12-9-13-27(5-2)32(26)37-35(45)42-22-30-31(23-42)43(36(46)47-24-25-10-7-6-8-11-25)39-33(30)38-34(44)28-14-16-29(17-15-28)41-20-18-40(3)19-21-41/h6-17H,4-5,18-24H2,1-3H3,(H,37,45)(H,38,39,44). The molecular weight excluding hydrogens is 594 g/mol. The van der Waals surface area contributed by atoms with Crippen molar-refractivity contribution in [3.8, 4) is 0 Å². The Labute approximate surface area is 275 Å². The number of aromatic nitrogens is 2. The Morgan fingerprint density at radius 1 is 0.809 bits per heavy atom. The van der Waals surface area contributed by atoms with E-state index in [2.05, 4.69) is 46.4 Å². The zero-order valence-electron chi connectivity index (χ0n) is 27.2. The van der Waals surface area contributed by atoms with E-state index in [0.29, 0.717) is 16.8 Å². The maximum absolute atomic E-state index is 13.6. The van der Waals surface area contributed by atoms with Gasteiger partial charge in [0.15, 0.2) is 5.82 Å². The highest BCUT2D eigenvalue weighted by molar-refractivity contribution is 6.04. The minimum Gasteiger partial charge on any atom is -0.443 e. The monoisotopic (exact) mass is 635 g/mol. The lowest BCUT2D eigenvalue weighted by Gasteiger charge is -2.34. The van der Waals surface area contributed by atoms with Gasteiger partial charge in [-0.2, -0.15) is 4.68 Å². The number of hydrogen-bond acceptors (Lipinski definition) is 7. The van der Waals surface area contributed by atoms with E-state index in [9.17, 15) is 14.4 Å². The number of para-hydroxylation sites is 1. The average molecular weight is 636 g/mol. The molecule has 0 saturated carbocycles. The molecule has 0 aliphatic carbocycles. The number of fused-ring (bicyclic) bond motifs is 1. The molecular formula is C36H41N7O4. The Kier molecular flexibility index (Phi) is 9.53. The highest BCUT2D eigenvalue weighted by Gasteiger charge is 2.34. The predicted molar refractivity (Wildman–Crippen MR) is 182 cm³/mol. The second-order valence-corrected chi connectivity index (χ2v) is 12.0. The van der Waals surface area contributed by atoms with Gasteiger partial charge in [0, 0.05) is 48.7 Å². The lowest BCUT2D eigenvalue weighted by molar-refractivity contribution is 0.102. The molecule has 244 valence electrons. The fourth-order valence-corrected chi connectivity index (χ4v) is 6.07. The van der Waals surface area contributed by atoms with Crippen molar-refractivity contribution in [1.82, 2.24) is 19.6 Å². The predicted octanol–water partition coefficient (Wildman–Crippen LogP) is 5.74. The van der Waals surface area contributed by atoms with Crippen molar-refractivity contribution < 1.29 is 19.1 Å². The first-order chi connectivity index (χ1) is 22.8. The minimum atomic E-state index is -0.686. The number of piperazine rings is 1. The Bertz CT molecular complexity index is 1720. The van der Waals surface area contributed by atoms with Crippen LogP contribution in [0, 0.1) is 0 Å². The summed E-state index contributed by atoms with van der Waals surface area (Å²) in [5.74, 6) is -0.129. The number of ether oxygens (including phenoxy) is 1. The maximum atomic E-state index is 13.6. The number of carbonyl (C=O) groups is 3. The zero-order chi connectivity index (χ0) is 32.9. The van der Waals surface area contributed by atoms with Crippen LogP contribution in [0.3, 0.4) is 0 Å². The number of nitrogens with zero attached hydrogens (tertiary/aromatic N) is 5. The molecule has 2 aliphatic rings. The molecule has 6 rings (SSSR count). The lowest BCUT2D eigenvalue weighted by Crippen LogP contribution is -2.44. The van der Waals surface area contributed by atoms with Gasteiger partial charge in [0.25, 0.3) is 5.91 Å². The maximum Gasteiger partial charge on any atom is 0.435 e. The quantitative estimate of drug-likeness (QED) is 0.254. The topological polar surface area (TPSA) is 112 Å². The molecule has 3 aromatic carbocycles. The molecule has 2 aliphatic heterocycles. The van der Waals surface area contributed by atoms with Crippen molar-refractivity contribution in [3.63, 3.8) is 0 Å². The van der Waals surface area contributed by atoms with Crippen molar-refractivity contribution >= 4 is 35.2 Å². The van der Waals surface area contributed by atoms with Gasteiger partial charge < -0.3 is 30.1 Å². The first-order valence-electron chi connectivity index (χ1n) is 16.2. The highest BCUT2D eigenvalue weighted by atomic mass is 16.6. The van der Waals surface area contributed by atoms with Gasteiger partial charge in [0.2, 0.25) is 0 Å². The van der Waals surface area contributed by atoms with E-state index in [1.165, 1.54) is 0 Å². The summed E-state index contributed by atoms with van der Waals surface area (Å²) in [5.41, 5.74) is 6.38. The van der Waals surface area contributed by atoms with Crippen LogP contribution in [-0.4, -0.2) is 70.8 Å². The summed E-state index contributed by atoms with van der Waals surface area (Å²) in [7, 11) is 2.12. The number of hydrogen-bond donors (Lipinski definition) is 2. The van der Waals surface area contributed by atoms with Crippen LogP contribution in [0.25, 0.3) is 0 Å². The molecule has 11 nitrogen and oxygen atoms in total. The van der Waals surface area contributed by atoms with Crippen molar-refractivity contribution in [3.05, 3.63) is 106 Å². The largest absolute Gasteiger partial charge is 0.443 e. The normalized spacial score (nSPS) is 14.5. The van der Waals surface area contributed by atoms with Crippen LogP contribution in [0.4, 0.5) is 26.8 Å². The summed E-state index contributed by atoms with van der Waals surface area (Å²) in [4.78, 5) is 46.6. The molecule has 0 spiro atoms.